The summed E-state index contributed by atoms with van der Waals surface area (Å²) >= 11 is 0. The van der Waals surface area contributed by atoms with Gasteiger partial charge in [0.1, 0.15) is 12.2 Å². The van der Waals surface area contributed by atoms with Gasteiger partial charge in [0.15, 0.2) is 19.9 Å². The van der Waals surface area contributed by atoms with Crippen molar-refractivity contribution in [2.75, 3.05) is 6.61 Å². The van der Waals surface area contributed by atoms with E-state index in [9.17, 15) is 9.59 Å². The minimum absolute atomic E-state index is 0.00443. The number of fused-ring (bicyclic) bond motifs is 3. The summed E-state index contributed by atoms with van der Waals surface area (Å²) < 4.78 is 23.7. The van der Waals surface area contributed by atoms with Gasteiger partial charge in [-0.2, -0.15) is 0 Å². The molecule has 0 unspecified atom stereocenters. The molecule has 3 rings (SSSR count). The van der Waals surface area contributed by atoms with Crippen LogP contribution in [0.2, 0.25) is 18.1 Å². The zero-order valence-electron chi connectivity index (χ0n) is 17.6. The first kappa shape index (κ1) is 20.7. The molecule has 3 aliphatic rings. The van der Waals surface area contributed by atoms with Crippen LogP contribution < -0.4 is 0 Å². The van der Waals surface area contributed by atoms with Crippen LogP contribution in [0.1, 0.15) is 41.5 Å². The van der Waals surface area contributed by atoms with Gasteiger partial charge < -0.3 is 18.6 Å². The van der Waals surface area contributed by atoms with Crippen LogP contribution in [0.3, 0.4) is 0 Å². The number of ketones is 1. The summed E-state index contributed by atoms with van der Waals surface area (Å²) in [6, 6.07) is 0. The van der Waals surface area contributed by atoms with Crippen molar-refractivity contribution in [1.29, 1.82) is 0 Å². The van der Waals surface area contributed by atoms with Crippen LogP contribution in [0.25, 0.3) is 0 Å². The molecule has 27 heavy (non-hydrogen) atoms. The first-order valence-electron chi connectivity index (χ1n) is 9.75. The number of ether oxygens (including phenoxy) is 3. The van der Waals surface area contributed by atoms with Gasteiger partial charge in [0.05, 0.1) is 18.6 Å². The first-order valence-corrected chi connectivity index (χ1v) is 12.7. The summed E-state index contributed by atoms with van der Waals surface area (Å²) in [5.74, 6) is -2.10. The topological polar surface area (TPSA) is 71.1 Å². The lowest BCUT2D eigenvalue weighted by Gasteiger charge is -2.39. The quantitative estimate of drug-likeness (QED) is 0.537. The minimum atomic E-state index is -2.14. The van der Waals surface area contributed by atoms with Crippen LogP contribution in [0.5, 0.6) is 0 Å². The molecule has 0 aromatic rings. The maximum absolute atomic E-state index is 13.2. The Balaban J connectivity index is 1.95. The smallest absolute Gasteiger partial charge is 0.334 e. The molecule has 0 aromatic carbocycles. The summed E-state index contributed by atoms with van der Waals surface area (Å²) in [6.07, 6.45) is 0.236. The summed E-state index contributed by atoms with van der Waals surface area (Å²) in [6.45, 7) is 16.4. The molecule has 0 amide bonds. The van der Waals surface area contributed by atoms with Crippen molar-refractivity contribution in [3.05, 3.63) is 11.6 Å². The molecule has 0 aromatic heterocycles. The molecule has 1 heterocycles. The van der Waals surface area contributed by atoms with Gasteiger partial charge in [-0.25, -0.2) is 4.79 Å². The van der Waals surface area contributed by atoms with Crippen LogP contribution in [0, 0.1) is 11.8 Å². The van der Waals surface area contributed by atoms with Gasteiger partial charge in [-0.05, 0) is 45.0 Å². The Morgan fingerprint density at radius 3 is 2.41 bits per heavy atom. The second kappa shape index (κ2) is 6.51. The number of rotatable bonds is 4. The fourth-order valence-corrected chi connectivity index (χ4v) is 5.26. The molecule has 2 aliphatic carbocycles. The maximum atomic E-state index is 13.2. The molecule has 1 aliphatic heterocycles. The van der Waals surface area contributed by atoms with Crippen LogP contribution in [0.15, 0.2) is 11.6 Å². The monoisotopic (exact) mass is 396 g/mol. The molecule has 7 heteroatoms. The molecule has 0 bridgehead atoms. The lowest BCUT2D eigenvalue weighted by Crippen LogP contribution is -2.46. The van der Waals surface area contributed by atoms with Gasteiger partial charge in [0.25, 0.3) is 0 Å². The highest BCUT2D eigenvalue weighted by molar-refractivity contribution is 6.74. The average molecular weight is 397 g/mol. The van der Waals surface area contributed by atoms with Crippen molar-refractivity contribution < 1.29 is 28.2 Å². The predicted molar refractivity (Wildman–Crippen MR) is 103 cm³/mol. The standard InChI is InChI=1S/C20H32O6Si/c1-9-23-18(22)11-10-12(26-27(7,8)19(2,3)4)14-13(11)16-17(15(14)21)25-20(5,6)24-16/h10,12-14,16-17H,9H2,1-8H3/t12-,13-,14+,16+,17-/m1/s1. The fourth-order valence-electron chi connectivity index (χ4n) is 4.01. The second-order valence-corrected chi connectivity index (χ2v) is 14.4. The largest absolute Gasteiger partial charge is 0.463 e. The average Bonchev–Trinajstić information content (AvgIpc) is 3.09. The maximum Gasteiger partial charge on any atom is 0.334 e. The van der Waals surface area contributed by atoms with Gasteiger partial charge in [0, 0.05) is 11.5 Å². The second-order valence-electron chi connectivity index (χ2n) is 9.66. The number of carbonyl (C=O) groups is 2. The van der Waals surface area contributed by atoms with Crippen molar-refractivity contribution in [3.63, 3.8) is 0 Å². The number of esters is 1. The molecule has 0 radical (unpaired) electrons. The van der Waals surface area contributed by atoms with E-state index in [-0.39, 0.29) is 23.3 Å². The summed E-state index contributed by atoms with van der Waals surface area (Å²) in [4.78, 5) is 25.8. The Hall–Kier alpha value is -1.02. The van der Waals surface area contributed by atoms with Gasteiger partial charge in [-0.3, -0.25) is 4.79 Å². The molecule has 0 spiro atoms. The van der Waals surface area contributed by atoms with E-state index in [2.05, 4.69) is 33.9 Å². The molecule has 1 saturated heterocycles. The highest BCUT2D eigenvalue weighted by Gasteiger charge is 2.65. The lowest BCUT2D eigenvalue weighted by molar-refractivity contribution is -0.168. The van der Waals surface area contributed by atoms with E-state index in [1.54, 1.807) is 26.8 Å². The van der Waals surface area contributed by atoms with Gasteiger partial charge >= 0.3 is 5.97 Å². The Bertz CT molecular complexity index is 674. The highest BCUT2D eigenvalue weighted by Crippen LogP contribution is 2.52. The van der Waals surface area contributed by atoms with Gasteiger partial charge in [-0.1, -0.05) is 20.8 Å². The van der Waals surface area contributed by atoms with Crippen LogP contribution in [-0.4, -0.2) is 50.8 Å². The van der Waals surface area contributed by atoms with E-state index in [0.29, 0.717) is 5.57 Å². The summed E-state index contributed by atoms with van der Waals surface area (Å²) in [5.41, 5.74) is 0.493. The van der Waals surface area contributed by atoms with Gasteiger partial charge in [-0.15, -0.1) is 0 Å². The molecular formula is C20H32O6Si. The molecule has 2 fully saturated rings. The lowest BCUT2D eigenvalue weighted by atomic mass is 9.91. The summed E-state index contributed by atoms with van der Waals surface area (Å²) in [5, 5.41) is -0.00443. The third-order valence-electron chi connectivity index (χ3n) is 6.28. The fraction of sp³-hybridized carbons (Fsp3) is 0.800. The number of hydrogen-bond donors (Lipinski definition) is 0. The molecular weight excluding hydrogens is 364 g/mol. The van der Waals surface area contributed by atoms with Crippen molar-refractivity contribution in [2.45, 2.75) is 83.8 Å². The third kappa shape index (κ3) is 3.43. The van der Waals surface area contributed by atoms with Crippen LogP contribution in [-0.2, 0) is 28.2 Å². The van der Waals surface area contributed by atoms with E-state index in [1.807, 2.05) is 0 Å². The Kier molecular flexibility index (Phi) is 4.99. The zero-order chi connectivity index (χ0) is 20.4. The number of Topliss-reactive ketones (excluding diaryl/α,β-unsaturated/α-hetero) is 1. The molecule has 6 nitrogen and oxygen atoms in total. The summed E-state index contributed by atoms with van der Waals surface area (Å²) in [7, 11) is -2.14. The van der Waals surface area contributed by atoms with E-state index in [1.165, 1.54) is 0 Å². The SMILES string of the molecule is CCOC(=O)C1=C[C@@H](O[Si](C)(C)C(C)(C)C)[C@@H]2C(=O)[C@H]3OC(C)(C)O[C@H]3[C@H]12. The van der Waals surface area contributed by atoms with E-state index in [4.69, 9.17) is 18.6 Å². The van der Waals surface area contributed by atoms with Crippen LogP contribution >= 0.6 is 0 Å². The first-order chi connectivity index (χ1) is 12.3. The molecule has 0 N–H and O–H groups in total. The van der Waals surface area contributed by atoms with E-state index in [0.717, 1.165) is 0 Å². The van der Waals surface area contributed by atoms with Crippen molar-refractivity contribution in [2.24, 2.45) is 11.8 Å². The predicted octanol–water partition coefficient (Wildman–Crippen LogP) is 3.22. The third-order valence-corrected chi connectivity index (χ3v) is 10.8. The minimum Gasteiger partial charge on any atom is -0.463 e. The highest BCUT2D eigenvalue weighted by atomic mass is 28.4. The van der Waals surface area contributed by atoms with E-state index < -0.39 is 44.3 Å². The number of carbonyl (C=O) groups excluding carboxylic acids is 2. The Labute approximate surface area is 162 Å². The van der Waals surface area contributed by atoms with E-state index >= 15 is 0 Å². The molecule has 152 valence electrons. The van der Waals surface area contributed by atoms with Crippen LogP contribution in [0.4, 0.5) is 0 Å². The molecule has 5 atom stereocenters. The normalized spacial score (nSPS) is 35.0. The Morgan fingerprint density at radius 2 is 1.85 bits per heavy atom. The van der Waals surface area contributed by atoms with Crippen molar-refractivity contribution >= 4 is 20.1 Å². The Morgan fingerprint density at radius 1 is 1.22 bits per heavy atom. The zero-order valence-corrected chi connectivity index (χ0v) is 18.6. The van der Waals surface area contributed by atoms with Crippen molar-refractivity contribution in [1.82, 2.24) is 0 Å². The molecule has 1 saturated carbocycles. The van der Waals surface area contributed by atoms with Gasteiger partial charge in [0.2, 0.25) is 0 Å². The van der Waals surface area contributed by atoms with Crippen molar-refractivity contribution in [3.8, 4) is 0 Å². The number of hydrogen-bond acceptors (Lipinski definition) is 6.